The molecule has 0 spiro atoms. The van der Waals surface area contributed by atoms with E-state index in [0.717, 1.165) is 34.1 Å². The maximum Gasteiger partial charge on any atom is 0.131 e. The Balaban J connectivity index is 1.89. The van der Waals surface area contributed by atoms with E-state index >= 15 is 0 Å². The maximum atomic E-state index is 14.3. The van der Waals surface area contributed by atoms with Gasteiger partial charge in [-0.3, -0.25) is 0 Å². The van der Waals surface area contributed by atoms with Crippen LogP contribution in [0.1, 0.15) is 22.3 Å². The molecule has 0 radical (unpaired) electrons. The van der Waals surface area contributed by atoms with Crippen LogP contribution in [0, 0.1) is 5.82 Å². The van der Waals surface area contributed by atoms with Crippen LogP contribution in [-0.2, 0) is 23.0 Å². The molecule has 0 unspecified atom stereocenters. The van der Waals surface area contributed by atoms with Crippen molar-refractivity contribution in [1.29, 1.82) is 0 Å². The maximum absolute atomic E-state index is 14.3. The molecule has 0 atom stereocenters. The molecule has 2 aromatic rings. The van der Waals surface area contributed by atoms with Crippen molar-refractivity contribution in [1.82, 2.24) is 0 Å². The quantitative estimate of drug-likeness (QED) is 0.669. The fourth-order valence-corrected chi connectivity index (χ4v) is 4.09. The van der Waals surface area contributed by atoms with Gasteiger partial charge in [0.2, 0.25) is 0 Å². The molecule has 2 aliphatic rings. The summed E-state index contributed by atoms with van der Waals surface area (Å²) in [7, 11) is 0. The van der Waals surface area contributed by atoms with Crippen LogP contribution < -0.4 is 0 Å². The highest BCUT2D eigenvalue weighted by Gasteiger charge is 2.09. The van der Waals surface area contributed by atoms with Gasteiger partial charge in [0.25, 0.3) is 0 Å². The zero-order chi connectivity index (χ0) is 13.1. The van der Waals surface area contributed by atoms with E-state index in [-0.39, 0.29) is 5.82 Å². The van der Waals surface area contributed by atoms with Gasteiger partial charge in [-0.05, 0) is 22.3 Å². The van der Waals surface area contributed by atoms with Gasteiger partial charge >= 0.3 is 0 Å². The topological polar surface area (TPSA) is 0 Å². The van der Waals surface area contributed by atoms with E-state index in [0.29, 0.717) is 0 Å². The van der Waals surface area contributed by atoms with Crippen LogP contribution in [0.4, 0.5) is 4.39 Å². The van der Waals surface area contributed by atoms with E-state index in [4.69, 9.17) is 0 Å². The third kappa shape index (κ3) is 3.15. The first-order chi connectivity index (χ1) is 9.33. The van der Waals surface area contributed by atoms with Gasteiger partial charge < -0.3 is 0 Å². The average Bonchev–Trinajstić information content (AvgIpc) is 2.44. The Morgan fingerprint density at radius 1 is 0.684 bits per heavy atom. The summed E-state index contributed by atoms with van der Waals surface area (Å²) < 4.78 is 14.3. The van der Waals surface area contributed by atoms with Crippen LogP contribution in [0.2, 0.25) is 0 Å². The molecule has 3 heteroatoms. The van der Waals surface area contributed by atoms with Crippen molar-refractivity contribution >= 4 is 23.5 Å². The molecule has 98 valence electrons. The SMILES string of the molecule is Fc1c2cccc1CSCc1ccc(cc1)CSC2. The smallest absolute Gasteiger partial charge is 0.131 e. The fourth-order valence-electron chi connectivity index (χ4n) is 2.15. The zero-order valence-corrected chi connectivity index (χ0v) is 12.2. The number of halogens is 1. The Hall–Kier alpha value is -0.930. The Morgan fingerprint density at radius 3 is 1.63 bits per heavy atom. The molecule has 4 bridgehead atoms. The minimum absolute atomic E-state index is 0.00925. The molecule has 19 heavy (non-hydrogen) atoms. The van der Waals surface area contributed by atoms with Crippen LogP contribution in [0.25, 0.3) is 0 Å². The van der Waals surface area contributed by atoms with E-state index in [1.165, 1.54) is 11.1 Å². The largest absolute Gasteiger partial charge is 0.206 e. The molecule has 0 saturated heterocycles. The predicted octanol–water partition coefficient (Wildman–Crippen LogP) is 5.01. The lowest BCUT2D eigenvalue weighted by Gasteiger charge is -2.07. The number of hydrogen-bond acceptors (Lipinski definition) is 2. The highest BCUT2D eigenvalue weighted by Crippen LogP contribution is 2.26. The van der Waals surface area contributed by atoms with Gasteiger partial charge in [0.05, 0.1) is 0 Å². The molecule has 0 amide bonds. The molecule has 2 aromatic carbocycles. The van der Waals surface area contributed by atoms with Gasteiger partial charge in [0, 0.05) is 23.0 Å². The van der Waals surface area contributed by atoms with Gasteiger partial charge in [-0.25, -0.2) is 4.39 Å². The molecule has 4 rings (SSSR count). The predicted molar refractivity (Wildman–Crippen MR) is 82.8 cm³/mol. The summed E-state index contributed by atoms with van der Waals surface area (Å²) in [6, 6.07) is 14.5. The number of fused-ring (bicyclic) bond motifs is 6. The molecule has 0 N–H and O–H groups in total. The molecule has 0 aromatic heterocycles. The number of hydrogen-bond donors (Lipinski definition) is 0. The summed E-state index contributed by atoms with van der Waals surface area (Å²) in [5.41, 5.74) is 4.29. The Kier molecular flexibility index (Phi) is 4.14. The second kappa shape index (κ2) is 6.02. The van der Waals surface area contributed by atoms with Crippen LogP contribution in [0.3, 0.4) is 0 Å². The van der Waals surface area contributed by atoms with Crippen molar-refractivity contribution in [2.24, 2.45) is 0 Å². The van der Waals surface area contributed by atoms with Crippen LogP contribution in [-0.4, -0.2) is 0 Å². The molecule has 0 nitrogen and oxygen atoms in total. The number of rotatable bonds is 0. The van der Waals surface area contributed by atoms with Crippen molar-refractivity contribution in [2.45, 2.75) is 23.0 Å². The lowest BCUT2D eigenvalue weighted by atomic mass is 10.1. The fraction of sp³-hybridized carbons (Fsp3) is 0.250. The van der Waals surface area contributed by atoms with Crippen molar-refractivity contribution in [3.05, 3.63) is 70.5 Å². The van der Waals surface area contributed by atoms with E-state index in [9.17, 15) is 4.39 Å². The lowest BCUT2D eigenvalue weighted by molar-refractivity contribution is 0.607. The van der Waals surface area contributed by atoms with Crippen LogP contribution in [0.5, 0.6) is 0 Å². The average molecular weight is 290 g/mol. The second-order valence-electron chi connectivity index (χ2n) is 4.69. The normalized spacial score (nSPS) is 15.4. The first kappa shape index (κ1) is 13.1. The van der Waals surface area contributed by atoms with Gasteiger partial charge in [-0.1, -0.05) is 42.5 Å². The molecule has 0 aliphatic carbocycles. The van der Waals surface area contributed by atoms with E-state index in [1.54, 1.807) is 23.5 Å². The summed E-state index contributed by atoms with van der Waals surface area (Å²) in [5, 5.41) is 0. The summed E-state index contributed by atoms with van der Waals surface area (Å²) in [6.07, 6.45) is 0. The van der Waals surface area contributed by atoms with Crippen LogP contribution in [0.15, 0.2) is 42.5 Å². The molecule has 2 aliphatic heterocycles. The molecule has 2 heterocycles. The third-order valence-electron chi connectivity index (χ3n) is 3.23. The summed E-state index contributed by atoms with van der Waals surface area (Å²) in [6.45, 7) is 0. The van der Waals surface area contributed by atoms with E-state index in [2.05, 4.69) is 24.3 Å². The molecular formula is C16H15FS2. The second-order valence-corrected chi connectivity index (χ2v) is 6.66. The number of benzene rings is 2. The van der Waals surface area contributed by atoms with E-state index < -0.39 is 0 Å². The lowest BCUT2D eigenvalue weighted by Crippen LogP contribution is -1.94. The van der Waals surface area contributed by atoms with Crippen molar-refractivity contribution in [2.75, 3.05) is 0 Å². The monoisotopic (exact) mass is 290 g/mol. The van der Waals surface area contributed by atoms with Crippen molar-refractivity contribution < 1.29 is 4.39 Å². The third-order valence-corrected chi connectivity index (χ3v) is 5.34. The Labute approximate surface area is 121 Å². The molecule has 0 saturated carbocycles. The Morgan fingerprint density at radius 2 is 1.16 bits per heavy atom. The minimum Gasteiger partial charge on any atom is -0.206 e. The van der Waals surface area contributed by atoms with Gasteiger partial charge in [-0.15, -0.1) is 0 Å². The summed E-state index contributed by atoms with van der Waals surface area (Å²) in [4.78, 5) is 0. The van der Waals surface area contributed by atoms with Crippen molar-refractivity contribution in [3.63, 3.8) is 0 Å². The summed E-state index contributed by atoms with van der Waals surface area (Å²) in [5.74, 6) is 3.36. The first-order valence-electron chi connectivity index (χ1n) is 6.32. The van der Waals surface area contributed by atoms with Crippen molar-refractivity contribution in [3.8, 4) is 0 Å². The highest BCUT2D eigenvalue weighted by molar-refractivity contribution is 7.98. The zero-order valence-electron chi connectivity index (χ0n) is 10.6. The highest BCUT2D eigenvalue weighted by atomic mass is 32.2. The minimum atomic E-state index is -0.00925. The van der Waals surface area contributed by atoms with Gasteiger partial charge in [0.1, 0.15) is 5.82 Å². The standard InChI is InChI=1S/C16H15FS2/c17-16-14-2-1-3-15(16)11-19-9-13-6-4-12(5-7-13)8-18-10-14/h1-7H,8-11H2. The van der Waals surface area contributed by atoms with Gasteiger partial charge in [0.15, 0.2) is 0 Å². The Bertz CT molecular complexity index is 516. The van der Waals surface area contributed by atoms with Crippen LogP contribution >= 0.6 is 23.5 Å². The van der Waals surface area contributed by atoms with E-state index in [1.807, 2.05) is 18.2 Å². The van der Waals surface area contributed by atoms with Gasteiger partial charge in [-0.2, -0.15) is 23.5 Å². The molecule has 0 fully saturated rings. The number of thioether (sulfide) groups is 2. The summed E-state index contributed by atoms with van der Waals surface area (Å²) >= 11 is 3.54. The first-order valence-corrected chi connectivity index (χ1v) is 8.63. The molecular weight excluding hydrogens is 275 g/mol.